The average Bonchev–Trinajstić information content (AvgIpc) is 3.03. The Morgan fingerprint density at radius 1 is 1.60 bits per heavy atom. The van der Waals surface area contributed by atoms with Crippen LogP contribution in [0, 0.1) is 5.92 Å². The van der Waals surface area contributed by atoms with Gasteiger partial charge in [-0.25, -0.2) is 9.48 Å². The van der Waals surface area contributed by atoms with Crippen LogP contribution >= 0.6 is 11.8 Å². The fraction of sp³-hybridized carbons (Fsp3) is 0.500. The molecule has 106 valence electrons. The number of aromatic nitrogens is 4. The number of carboxylic acid groups (broad SMARTS) is 1. The fourth-order valence-electron chi connectivity index (χ4n) is 2.34. The number of allylic oxidation sites excluding steroid dienone is 1. The Hall–Kier alpha value is -1.94. The molecule has 3 rings (SSSR count). The molecule has 9 nitrogen and oxygen atoms in total. The molecule has 1 saturated heterocycles. The van der Waals surface area contributed by atoms with Gasteiger partial charge in [-0.1, -0.05) is 11.8 Å². The lowest BCUT2D eigenvalue weighted by Gasteiger charge is -2.41. The van der Waals surface area contributed by atoms with Crippen LogP contribution in [0.1, 0.15) is 13.0 Å². The van der Waals surface area contributed by atoms with Crippen LogP contribution < -0.4 is 0 Å². The van der Waals surface area contributed by atoms with E-state index in [0.29, 0.717) is 4.91 Å². The molecule has 0 aromatic carbocycles. The standard InChI is InChI=1S/C10H11N5O4S/c1-4(14-3-11-12-13-14)7-6(10(18)19)15-8(17)5(2-16)9(15)20-7/h3-5,9,16H,2H2,1H3,(H,18,19)/t4-,5+,9-/m1/s1. The highest BCUT2D eigenvalue weighted by Gasteiger charge is 2.56. The summed E-state index contributed by atoms with van der Waals surface area (Å²) < 4.78 is 1.43. The quantitative estimate of drug-likeness (QED) is 0.682. The van der Waals surface area contributed by atoms with Crippen molar-refractivity contribution in [1.29, 1.82) is 0 Å². The number of β-lactam (4-membered cyclic amide) rings is 1. The van der Waals surface area contributed by atoms with Crippen molar-refractivity contribution in [2.24, 2.45) is 5.92 Å². The minimum absolute atomic E-state index is 0.0438. The highest BCUT2D eigenvalue weighted by Crippen LogP contribution is 2.52. The summed E-state index contributed by atoms with van der Waals surface area (Å²) in [6.07, 6.45) is 1.39. The third-order valence-corrected chi connectivity index (χ3v) is 4.98. The molecule has 0 spiro atoms. The van der Waals surface area contributed by atoms with Crippen molar-refractivity contribution < 1.29 is 19.8 Å². The maximum atomic E-state index is 11.9. The number of aliphatic hydroxyl groups is 1. The van der Waals surface area contributed by atoms with Crippen molar-refractivity contribution in [2.45, 2.75) is 18.3 Å². The van der Waals surface area contributed by atoms with Gasteiger partial charge in [0, 0.05) is 4.91 Å². The van der Waals surface area contributed by atoms with Crippen molar-refractivity contribution in [3.8, 4) is 0 Å². The summed E-state index contributed by atoms with van der Waals surface area (Å²) >= 11 is 1.27. The molecule has 2 aliphatic heterocycles. The highest BCUT2D eigenvalue weighted by atomic mass is 32.2. The van der Waals surface area contributed by atoms with Gasteiger partial charge in [0.15, 0.2) is 0 Å². The number of carbonyl (C=O) groups excluding carboxylic acids is 1. The number of thioether (sulfide) groups is 1. The number of hydrogen-bond donors (Lipinski definition) is 2. The maximum absolute atomic E-state index is 11.9. The van der Waals surface area contributed by atoms with Crippen molar-refractivity contribution in [1.82, 2.24) is 25.1 Å². The Kier molecular flexibility index (Phi) is 2.98. The second-order valence-corrected chi connectivity index (χ2v) is 5.65. The van der Waals surface area contributed by atoms with E-state index in [0.717, 1.165) is 0 Å². The fourth-order valence-corrected chi connectivity index (χ4v) is 3.88. The van der Waals surface area contributed by atoms with Crippen molar-refractivity contribution in [3.05, 3.63) is 16.9 Å². The van der Waals surface area contributed by atoms with Crippen LogP contribution in [0.25, 0.3) is 0 Å². The molecule has 3 atom stereocenters. The first-order valence-corrected chi connectivity index (χ1v) is 6.74. The maximum Gasteiger partial charge on any atom is 0.353 e. The number of carbonyl (C=O) groups is 2. The monoisotopic (exact) mass is 297 g/mol. The van der Waals surface area contributed by atoms with Crippen molar-refractivity contribution in [3.63, 3.8) is 0 Å². The smallest absolute Gasteiger partial charge is 0.353 e. The predicted octanol–water partition coefficient (Wildman–Crippen LogP) is -0.946. The minimum Gasteiger partial charge on any atom is -0.477 e. The van der Waals surface area contributed by atoms with E-state index in [-0.39, 0.29) is 29.6 Å². The second-order valence-electron chi connectivity index (χ2n) is 4.49. The zero-order chi connectivity index (χ0) is 14.4. The molecule has 1 aromatic heterocycles. The van der Waals surface area contributed by atoms with Gasteiger partial charge in [0.2, 0.25) is 5.91 Å². The summed E-state index contributed by atoms with van der Waals surface area (Å²) in [5.74, 6) is -2.08. The summed E-state index contributed by atoms with van der Waals surface area (Å²) in [7, 11) is 0. The van der Waals surface area contributed by atoms with E-state index in [1.165, 1.54) is 27.7 Å². The lowest BCUT2D eigenvalue weighted by Crippen LogP contribution is -2.58. The lowest BCUT2D eigenvalue weighted by molar-refractivity contribution is -0.153. The molecule has 0 bridgehead atoms. The second kappa shape index (κ2) is 4.56. The number of carboxylic acids is 1. The molecule has 3 heterocycles. The topological polar surface area (TPSA) is 121 Å². The third kappa shape index (κ3) is 1.64. The van der Waals surface area contributed by atoms with Gasteiger partial charge in [0.25, 0.3) is 0 Å². The number of hydrogen-bond acceptors (Lipinski definition) is 7. The van der Waals surface area contributed by atoms with Crippen LogP contribution in [0.3, 0.4) is 0 Å². The van der Waals surface area contributed by atoms with E-state index in [1.807, 2.05) is 0 Å². The molecule has 1 amide bonds. The zero-order valence-corrected chi connectivity index (χ0v) is 11.2. The number of aliphatic carboxylic acids is 1. The molecule has 20 heavy (non-hydrogen) atoms. The summed E-state index contributed by atoms with van der Waals surface area (Å²) in [6, 6.07) is -0.390. The van der Waals surface area contributed by atoms with E-state index in [4.69, 9.17) is 0 Å². The Balaban J connectivity index is 1.97. The molecule has 1 aromatic rings. The first kappa shape index (κ1) is 13.1. The van der Waals surface area contributed by atoms with Crippen LogP contribution in [0.15, 0.2) is 16.9 Å². The first-order valence-electron chi connectivity index (χ1n) is 5.86. The predicted molar refractivity (Wildman–Crippen MR) is 66.0 cm³/mol. The SMILES string of the molecule is C[C@H](C1=C(C(=O)O)N2C(=O)[C@H](CO)[C@H]2S1)n1cnnn1. The Morgan fingerprint density at radius 2 is 2.35 bits per heavy atom. The van der Waals surface area contributed by atoms with Gasteiger partial charge in [-0.2, -0.15) is 0 Å². The van der Waals surface area contributed by atoms with E-state index in [1.54, 1.807) is 6.92 Å². The Labute approximate surface area is 117 Å². The number of amides is 1. The Morgan fingerprint density at radius 3 is 2.90 bits per heavy atom. The number of aliphatic hydroxyl groups excluding tert-OH is 1. The highest BCUT2D eigenvalue weighted by molar-refractivity contribution is 8.04. The Bertz CT molecular complexity index is 601. The molecule has 0 radical (unpaired) electrons. The summed E-state index contributed by atoms with van der Waals surface area (Å²) in [5, 5.41) is 28.9. The van der Waals surface area contributed by atoms with E-state index in [2.05, 4.69) is 15.5 Å². The zero-order valence-electron chi connectivity index (χ0n) is 10.4. The first-order chi connectivity index (χ1) is 9.56. The molecule has 2 N–H and O–H groups in total. The summed E-state index contributed by atoms with van der Waals surface area (Å²) in [4.78, 5) is 25.0. The van der Waals surface area contributed by atoms with Gasteiger partial charge >= 0.3 is 5.97 Å². The van der Waals surface area contributed by atoms with Crippen LogP contribution in [0.4, 0.5) is 0 Å². The molecular formula is C10H11N5O4S. The van der Waals surface area contributed by atoms with Gasteiger partial charge in [-0.15, -0.1) is 5.10 Å². The van der Waals surface area contributed by atoms with Crippen LogP contribution in [-0.2, 0) is 9.59 Å². The molecule has 0 aliphatic carbocycles. The molecule has 1 fully saturated rings. The van der Waals surface area contributed by atoms with Gasteiger partial charge in [-0.3, -0.25) is 9.69 Å². The van der Waals surface area contributed by atoms with Crippen LogP contribution in [0.2, 0.25) is 0 Å². The molecule has 0 saturated carbocycles. The normalized spacial score (nSPS) is 26.5. The van der Waals surface area contributed by atoms with E-state index >= 15 is 0 Å². The molecule has 2 aliphatic rings. The minimum atomic E-state index is -1.17. The lowest BCUT2D eigenvalue weighted by atomic mass is 9.98. The number of nitrogens with zero attached hydrogens (tertiary/aromatic N) is 5. The average molecular weight is 297 g/mol. The molecular weight excluding hydrogens is 286 g/mol. The van der Waals surface area contributed by atoms with Crippen LogP contribution in [0.5, 0.6) is 0 Å². The van der Waals surface area contributed by atoms with E-state index < -0.39 is 11.9 Å². The van der Waals surface area contributed by atoms with Gasteiger partial charge in [0.05, 0.1) is 18.6 Å². The number of rotatable bonds is 4. The van der Waals surface area contributed by atoms with Crippen molar-refractivity contribution in [2.75, 3.05) is 6.61 Å². The van der Waals surface area contributed by atoms with Gasteiger partial charge in [0.1, 0.15) is 17.4 Å². The van der Waals surface area contributed by atoms with Gasteiger partial charge in [-0.05, 0) is 17.4 Å². The summed E-state index contributed by atoms with van der Waals surface area (Å²) in [6.45, 7) is 1.47. The van der Waals surface area contributed by atoms with E-state index in [9.17, 15) is 19.8 Å². The molecule has 0 unspecified atom stereocenters. The number of tetrazole rings is 1. The third-order valence-electron chi connectivity index (χ3n) is 3.42. The largest absolute Gasteiger partial charge is 0.477 e. The van der Waals surface area contributed by atoms with Crippen LogP contribution in [-0.4, -0.2) is 59.2 Å². The van der Waals surface area contributed by atoms with Gasteiger partial charge < -0.3 is 10.2 Å². The number of fused-ring (bicyclic) bond motifs is 1. The van der Waals surface area contributed by atoms with Crippen molar-refractivity contribution >= 4 is 23.6 Å². The summed E-state index contributed by atoms with van der Waals surface area (Å²) in [5.41, 5.74) is -0.0438. The molecule has 10 heteroatoms.